The molecule has 0 radical (unpaired) electrons. The maximum Gasteiger partial charge on any atom is 0.257 e. The number of amides is 1. The number of benzene rings is 2. The number of carbonyl (C=O) groups is 1. The van der Waals surface area contributed by atoms with Crippen LogP contribution in [-0.4, -0.2) is 5.91 Å². The van der Waals surface area contributed by atoms with Crippen molar-refractivity contribution in [2.45, 2.75) is 20.8 Å². The Morgan fingerprint density at radius 2 is 1.85 bits per heavy atom. The number of anilines is 2. The van der Waals surface area contributed by atoms with Crippen molar-refractivity contribution in [3.8, 4) is 0 Å². The first-order valence-electron chi connectivity index (χ1n) is 6.33. The fraction of sp³-hybridized carbons (Fsp3) is 0.188. The van der Waals surface area contributed by atoms with Crippen LogP contribution in [0.2, 0.25) is 5.02 Å². The van der Waals surface area contributed by atoms with Crippen LogP contribution in [0, 0.1) is 20.8 Å². The molecule has 2 aromatic carbocycles. The number of nitrogens with two attached hydrogens (primary N) is 1. The predicted octanol–water partition coefficient (Wildman–Crippen LogP) is 4.10. The van der Waals surface area contributed by atoms with E-state index < -0.39 is 0 Å². The Kier molecular flexibility index (Phi) is 4.00. The maximum atomic E-state index is 12.3. The number of aryl methyl sites for hydroxylation is 2. The zero-order chi connectivity index (χ0) is 14.9. The number of halogens is 1. The molecule has 0 heterocycles. The van der Waals surface area contributed by atoms with Gasteiger partial charge in [0.2, 0.25) is 0 Å². The summed E-state index contributed by atoms with van der Waals surface area (Å²) < 4.78 is 0. The van der Waals surface area contributed by atoms with E-state index in [1.54, 1.807) is 18.2 Å². The topological polar surface area (TPSA) is 55.1 Å². The Balaban J connectivity index is 2.35. The second-order valence-electron chi connectivity index (χ2n) is 4.91. The van der Waals surface area contributed by atoms with E-state index >= 15 is 0 Å². The standard InChI is InChI=1S/C16H17ClN2O/c1-9-4-6-12(13(17)8-9)16(20)19-15-11(3)10(2)5-7-14(15)18/h4-8H,18H2,1-3H3,(H,19,20). The number of nitrogen functional groups attached to an aromatic ring is 1. The summed E-state index contributed by atoms with van der Waals surface area (Å²) >= 11 is 6.11. The molecule has 0 unspecified atom stereocenters. The van der Waals surface area contributed by atoms with Crippen LogP contribution in [0.4, 0.5) is 11.4 Å². The van der Waals surface area contributed by atoms with E-state index in [2.05, 4.69) is 5.32 Å². The van der Waals surface area contributed by atoms with Crippen LogP contribution < -0.4 is 11.1 Å². The third-order valence-electron chi connectivity index (χ3n) is 3.38. The van der Waals surface area contributed by atoms with Crippen molar-refractivity contribution >= 4 is 28.9 Å². The molecule has 0 aliphatic heterocycles. The van der Waals surface area contributed by atoms with E-state index in [1.165, 1.54) is 0 Å². The van der Waals surface area contributed by atoms with Crippen LogP contribution >= 0.6 is 11.6 Å². The largest absolute Gasteiger partial charge is 0.397 e. The van der Waals surface area contributed by atoms with Gasteiger partial charge < -0.3 is 11.1 Å². The number of hydrogen-bond acceptors (Lipinski definition) is 2. The highest BCUT2D eigenvalue weighted by Gasteiger charge is 2.14. The van der Waals surface area contributed by atoms with Gasteiger partial charge in [-0.15, -0.1) is 0 Å². The van der Waals surface area contributed by atoms with Crippen LogP contribution in [0.5, 0.6) is 0 Å². The minimum Gasteiger partial charge on any atom is -0.397 e. The molecular weight excluding hydrogens is 272 g/mol. The lowest BCUT2D eigenvalue weighted by molar-refractivity contribution is 0.102. The lowest BCUT2D eigenvalue weighted by atomic mass is 10.1. The molecule has 3 N–H and O–H groups in total. The van der Waals surface area contributed by atoms with Gasteiger partial charge in [0, 0.05) is 0 Å². The van der Waals surface area contributed by atoms with Gasteiger partial charge in [0.05, 0.1) is 22.0 Å². The SMILES string of the molecule is Cc1ccc(C(=O)Nc2c(N)ccc(C)c2C)c(Cl)c1. The van der Waals surface area contributed by atoms with Crippen molar-refractivity contribution in [3.63, 3.8) is 0 Å². The quantitative estimate of drug-likeness (QED) is 0.818. The molecule has 2 rings (SSSR count). The monoisotopic (exact) mass is 288 g/mol. The zero-order valence-corrected chi connectivity index (χ0v) is 12.5. The Morgan fingerprint density at radius 1 is 1.15 bits per heavy atom. The highest BCUT2D eigenvalue weighted by molar-refractivity contribution is 6.34. The molecule has 2 aromatic rings. The van der Waals surface area contributed by atoms with Crippen LogP contribution in [0.25, 0.3) is 0 Å². The van der Waals surface area contributed by atoms with Gasteiger partial charge in [-0.05, 0) is 55.7 Å². The second kappa shape index (κ2) is 5.55. The Hall–Kier alpha value is -2.00. The first-order chi connectivity index (χ1) is 9.40. The van der Waals surface area contributed by atoms with E-state index in [0.717, 1.165) is 16.7 Å². The van der Waals surface area contributed by atoms with Gasteiger partial charge in [-0.1, -0.05) is 23.7 Å². The number of hydrogen-bond donors (Lipinski definition) is 2. The van der Waals surface area contributed by atoms with Gasteiger partial charge >= 0.3 is 0 Å². The Labute approximate surface area is 123 Å². The Morgan fingerprint density at radius 3 is 2.50 bits per heavy atom. The fourth-order valence-corrected chi connectivity index (χ4v) is 2.31. The third-order valence-corrected chi connectivity index (χ3v) is 3.69. The second-order valence-corrected chi connectivity index (χ2v) is 5.32. The van der Waals surface area contributed by atoms with Gasteiger partial charge in [-0.2, -0.15) is 0 Å². The van der Waals surface area contributed by atoms with Crippen LogP contribution in [0.1, 0.15) is 27.0 Å². The lowest BCUT2D eigenvalue weighted by Crippen LogP contribution is -2.15. The lowest BCUT2D eigenvalue weighted by Gasteiger charge is -2.14. The van der Waals surface area contributed by atoms with Crippen molar-refractivity contribution in [3.05, 3.63) is 57.6 Å². The molecular formula is C16H17ClN2O. The van der Waals surface area contributed by atoms with Gasteiger partial charge in [0.1, 0.15) is 0 Å². The summed E-state index contributed by atoms with van der Waals surface area (Å²) in [6.45, 7) is 5.83. The molecule has 0 bridgehead atoms. The maximum absolute atomic E-state index is 12.3. The average Bonchev–Trinajstić information content (AvgIpc) is 2.39. The van der Waals surface area contributed by atoms with Gasteiger partial charge in [-0.3, -0.25) is 4.79 Å². The smallest absolute Gasteiger partial charge is 0.257 e. The molecule has 104 valence electrons. The Bertz CT molecular complexity index is 680. The van der Waals surface area contributed by atoms with Gasteiger partial charge in [0.15, 0.2) is 0 Å². The molecule has 0 aliphatic carbocycles. The first kappa shape index (κ1) is 14.4. The summed E-state index contributed by atoms with van der Waals surface area (Å²) in [6, 6.07) is 9.05. The van der Waals surface area contributed by atoms with Gasteiger partial charge in [0.25, 0.3) is 5.91 Å². The van der Waals surface area contributed by atoms with E-state index in [9.17, 15) is 4.79 Å². The molecule has 0 spiro atoms. The molecule has 4 heteroatoms. The van der Waals surface area contributed by atoms with Gasteiger partial charge in [-0.25, -0.2) is 0 Å². The highest BCUT2D eigenvalue weighted by atomic mass is 35.5. The minimum absolute atomic E-state index is 0.254. The van der Waals surface area contributed by atoms with Crippen LogP contribution in [0.3, 0.4) is 0 Å². The van der Waals surface area contributed by atoms with E-state index in [4.69, 9.17) is 17.3 Å². The molecule has 0 fully saturated rings. The summed E-state index contributed by atoms with van der Waals surface area (Å²) in [4.78, 5) is 12.3. The molecule has 0 saturated carbocycles. The summed E-state index contributed by atoms with van der Waals surface area (Å²) in [5.74, 6) is -0.254. The highest BCUT2D eigenvalue weighted by Crippen LogP contribution is 2.27. The first-order valence-corrected chi connectivity index (χ1v) is 6.71. The predicted molar refractivity (Wildman–Crippen MR) is 84.5 cm³/mol. The fourth-order valence-electron chi connectivity index (χ4n) is 1.99. The van der Waals surface area contributed by atoms with Crippen LogP contribution in [-0.2, 0) is 0 Å². The van der Waals surface area contributed by atoms with Crippen LogP contribution in [0.15, 0.2) is 30.3 Å². The van der Waals surface area contributed by atoms with Crippen molar-refractivity contribution < 1.29 is 4.79 Å². The third kappa shape index (κ3) is 2.78. The molecule has 0 saturated heterocycles. The molecule has 1 amide bonds. The summed E-state index contributed by atoms with van der Waals surface area (Å²) in [5, 5.41) is 3.28. The van der Waals surface area contributed by atoms with E-state index in [-0.39, 0.29) is 5.91 Å². The number of rotatable bonds is 2. The zero-order valence-electron chi connectivity index (χ0n) is 11.8. The van der Waals surface area contributed by atoms with Crippen molar-refractivity contribution in [2.75, 3.05) is 11.1 Å². The normalized spacial score (nSPS) is 10.4. The summed E-state index contributed by atoms with van der Waals surface area (Å²) in [7, 11) is 0. The molecule has 20 heavy (non-hydrogen) atoms. The molecule has 3 nitrogen and oxygen atoms in total. The minimum atomic E-state index is -0.254. The molecule has 0 atom stereocenters. The average molecular weight is 289 g/mol. The summed E-state index contributed by atoms with van der Waals surface area (Å²) in [6.07, 6.45) is 0. The molecule has 0 aromatic heterocycles. The van der Waals surface area contributed by atoms with Crippen molar-refractivity contribution in [1.29, 1.82) is 0 Å². The van der Waals surface area contributed by atoms with Crippen molar-refractivity contribution in [1.82, 2.24) is 0 Å². The van der Waals surface area contributed by atoms with E-state index in [1.807, 2.05) is 32.9 Å². The molecule has 0 aliphatic rings. The number of nitrogens with one attached hydrogen (secondary N) is 1. The number of carbonyl (C=O) groups excluding carboxylic acids is 1. The van der Waals surface area contributed by atoms with E-state index in [0.29, 0.717) is 22.0 Å². The van der Waals surface area contributed by atoms with Crippen molar-refractivity contribution in [2.24, 2.45) is 0 Å². The summed E-state index contributed by atoms with van der Waals surface area (Å²) in [5.41, 5.74) is 10.6.